The van der Waals surface area contributed by atoms with Crippen LogP contribution in [0.2, 0.25) is 0 Å². The van der Waals surface area contributed by atoms with Crippen molar-refractivity contribution in [2.75, 3.05) is 37.6 Å². The van der Waals surface area contributed by atoms with Crippen LogP contribution in [-0.4, -0.2) is 54.3 Å². The number of amides is 2. The second-order valence-corrected chi connectivity index (χ2v) is 10.8. The monoisotopic (exact) mass is 570 g/mol. The Bertz CT molecular complexity index is 1570. The SMILES string of the molecule is CCCNC(=O)CN1C(=O)CS[C@H](c2ccc3c(c2)OCO3)c2c(-c3ccccc3)nn(-c3ccc(OC)cc3)c21. The first-order chi connectivity index (χ1) is 20.1. The number of anilines is 1. The molecule has 0 unspecified atom stereocenters. The molecule has 2 aliphatic rings. The number of nitrogens with one attached hydrogen (secondary N) is 1. The molecule has 6 rings (SSSR count). The van der Waals surface area contributed by atoms with Crippen molar-refractivity contribution in [2.24, 2.45) is 0 Å². The molecule has 3 heterocycles. The van der Waals surface area contributed by atoms with Crippen LogP contribution in [0.5, 0.6) is 17.2 Å². The lowest BCUT2D eigenvalue weighted by molar-refractivity contribution is -0.122. The van der Waals surface area contributed by atoms with Gasteiger partial charge in [0.05, 0.1) is 29.5 Å². The van der Waals surface area contributed by atoms with Crippen LogP contribution in [0, 0.1) is 0 Å². The van der Waals surface area contributed by atoms with Gasteiger partial charge in [-0.25, -0.2) is 4.68 Å². The molecule has 0 radical (unpaired) electrons. The Labute approximate surface area is 242 Å². The summed E-state index contributed by atoms with van der Waals surface area (Å²) in [5.41, 5.74) is 4.20. The molecular formula is C31H30N4O5S. The first-order valence-electron chi connectivity index (χ1n) is 13.5. The third kappa shape index (κ3) is 5.22. The summed E-state index contributed by atoms with van der Waals surface area (Å²) in [7, 11) is 1.62. The summed E-state index contributed by atoms with van der Waals surface area (Å²) in [4.78, 5) is 28.4. The summed E-state index contributed by atoms with van der Waals surface area (Å²) in [5, 5.41) is 7.76. The summed E-state index contributed by atoms with van der Waals surface area (Å²) in [6, 6.07) is 23.3. The van der Waals surface area contributed by atoms with Crippen molar-refractivity contribution in [3.63, 3.8) is 0 Å². The molecule has 10 heteroatoms. The molecule has 0 bridgehead atoms. The van der Waals surface area contributed by atoms with E-state index in [9.17, 15) is 9.59 Å². The highest BCUT2D eigenvalue weighted by atomic mass is 32.2. The topological polar surface area (TPSA) is 94.9 Å². The summed E-state index contributed by atoms with van der Waals surface area (Å²) >= 11 is 1.51. The van der Waals surface area contributed by atoms with E-state index in [0.29, 0.717) is 29.6 Å². The van der Waals surface area contributed by atoms with E-state index >= 15 is 0 Å². The quantitative estimate of drug-likeness (QED) is 0.320. The molecular weight excluding hydrogens is 540 g/mol. The molecule has 0 spiro atoms. The molecule has 1 aromatic heterocycles. The fourth-order valence-corrected chi connectivity index (χ4v) is 6.22. The molecule has 0 saturated carbocycles. The van der Waals surface area contributed by atoms with E-state index < -0.39 is 0 Å². The van der Waals surface area contributed by atoms with Crippen molar-refractivity contribution in [3.05, 3.63) is 83.9 Å². The van der Waals surface area contributed by atoms with Gasteiger partial charge in [-0.05, 0) is 48.4 Å². The van der Waals surface area contributed by atoms with Crippen LogP contribution in [0.3, 0.4) is 0 Å². The molecule has 41 heavy (non-hydrogen) atoms. The van der Waals surface area contributed by atoms with E-state index in [-0.39, 0.29) is 36.2 Å². The van der Waals surface area contributed by atoms with Gasteiger partial charge < -0.3 is 19.5 Å². The minimum Gasteiger partial charge on any atom is -0.497 e. The predicted molar refractivity (Wildman–Crippen MR) is 158 cm³/mol. The van der Waals surface area contributed by atoms with E-state index in [0.717, 1.165) is 34.5 Å². The molecule has 3 aromatic carbocycles. The van der Waals surface area contributed by atoms with Crippen molar-refractivity contribution >= 4 is 29.4 Å². The summed E-state index contributed by atoms with van der Waals surface area (Å²) in [5.74, 6) is 2.43. The molecule has 0 saturated heterocycles. The fraction of sp³-hybridized carbons (Fsp3) is 0.258. The van der Waals surface area contributed by atoms with Crippen LogP contribution in [0.4, 0.5) is 5.82 Å². The van der Waals surface area contributed by atoms with Crippen molar-refractivity contribution in [2.45, 2.75) is 18.6 Å². The fourth-order valence-electron chi connectivity index (χ4n) is 5.04. The Morgan fingerprint density at radius 2 is 1.85 bits per heavy atom. The second kappa shape index (κ2) is 11.6. The lowest BCUT2D eigenvalue weighted by atomic mass is 9.99. The van der Waals surface area contributed by atoms with Crippen molar-refractivity contribution in [3.8, 4) is 34.2 Å². The van der Waals surface area contributed by atoms with Gasteiger partial charge in [-0.2, -0.15) is 5.10 Å². The third-order valence-corrected chi connectivity index (χ3v) is 8.28. The largest absolute Gasteiger partial charge is 0.497 e. The van der Waals surface area contributed by atoms with Crippen molar-refractivity contribution in [1.82, 2.24) is 15.1 Å². The summed E-state index contributed by atoms with van der Waals surface area (Å²) in [6.07, 6.45) is 0.801. The van der Waals surface area contributed by atoms with Gasteiger partial charge in [0, 0.05) is 17.7 Å². The average Bonchev–Trinajstić information content (AvgIpc) is 3.61. The van der Waals surface area contributed by atoms with Gasteiger partial charge in [-0.1, -0.05) is 43.3 Å². The van der Waals surface area contributed by atoms with Crippen LogP contribution < -0.4 is 24.4 Å². The number of benzene rings is 3. The zero-order valence-electron chi connectivity index (χ0n) is 22.8. The number of methoxy groups -OCH3 is 1. The Kier molecular flexibility index (Phi) is 7.56. The zero-order chi connectivity index (χ0) is 28.3. The van der Waals surface area contributed by atoms with Crippen LogP contribution in [0.25, 0.3) is 16.9 Å². The van der Waals surface area contributed by atoms with Gasteiger partial charge in [0.2, 0.25) is 18.6 Å². The second-order valence-electron chi connectivity index (χ2n) is 9.70. The summed E-state index contributed by atoms with van der Waals surface area (Å²) < 4.78 is 18.4. The molecule has 2 amide bonds. The molecule has 1 N–H and O–H groups in total. The highest BCUT2D eigenvalue weighted by Gasteiger charge is 2.38. The maximum Gasteiger partial charge on any atom is 0.240 e. The van der Waals surface area contributed by atoms with Crippen LogP contribution >= 0.6 is 11.8 Å². The number of ether oxygens (including phenoxy) is 3. The lowest BCUT2D eigenvalue weighted by Crippen LogP contribution is -2.42. The molecule has 1 atom stereocenters. The van der Waals surface area contributed by atoms with Crippen LogP contribution in [0.15, 0.2) is 72.8 Å². The molecule has 0 fully saturated rings. The standard InChI is InChI=1S/C31H30N4O5S/c1-3-15-32-26(36)17-34-27(37)18-41-30(21-9-14-24-25(16-21)40-19-39-24)28-29(20-7-5-4-6-8-20)33-35(31(28)34)22-10-12-23(38-2)13-11-22/h4-14,16,30H,3,15,17-19H2,1-2H3,(H,32,36)/t30-/m1/s1. The first-order valence-corrected chi connectivity index (χ1v) is 14.5. The first kappa shape index (κ1) is 26.8. The number of thioether (sulfide) groups is 1. The Balaban J connectivity index is 1.59. The summed E-state index contributed by atoms with van der Waals surface area (Å²) in [6.45, 7) is 2.59. The number of rotatable bonds is 8. The Morgan fingerprint density at radius 3 is 2.61 bits per heavy atom. The van der Waals surface area contributed by atoms with Gasteiger partial charge in [-0.15, -0.1) is 11.8 Å². The van der Waals surface area contributed by atoms with Crippen LogP contribution in [-0.2, 0) is 9.59 Å². The van der Waals surface area contributed by atoms with E-state index in [4.69, 9.17) is 19.3 Å². The lowest BCUT2D eigenvalue weighted by Gasteiger charge is -2.23. The maximum atomic E-state index is 13.8. The average molecular weight is 571 g/mol. The van der Waals surface area contributed by atoms with Gasteiger partial charge in [0.15, 0.2) is 11.5 Å². The number of fused-ring (bicyclic) bond motifs is 2. The number of hydrogen-bond donors (Lipinski definition) is 1. The van der Waals surface area contributed by atoms with Crippen molar-refractivity contribution in [1.29, 1.82) is 0 Å². The zero-order valence-corrected chi connectivity index (χ0v) is 23.6. The Morgan fingerprint density at radius 1 is 1.07 bits per heavy atom. The molecule has 210 valence electrons. The van der Waals surface area contributed by atoms with E-state index in [1.54, 1.807) is 16.7 Å². The highest BCUT2D eigenvalue weighted by molar-refractivity contribution is 8.00. The maximum absolute atomic E-state index is 13.8. The minimum atomic E-state index is -0.269. The number of carbonyl (C=O) groups excluding carboxylic acids is 2. The molecule has 4 aromatic rings. The molecule has 2 aliphatic heterocycles. The minimum absolute atomic E-state index is 0.115. The Hall–Kier alpha value is -4.44. The normalized spacial score (nSPS) is 15.8. The van der Waals surface area contributed by atoms with Gasteiger partial charge in [-0.3, -0.25) is 14.5 Å². The van der Waals surface area contributed by atoms with Crippen LogP contribution in [0.1, 0.15) is 29.7 Å². The molecule has 0 aliphatic carbocycles. The third-order valence-electron chi connectivity index (χ3n) is 7.03. The van der Waals surface area contributed by atoms with Gasteiger partial charge in [0.1, 0.15) is 18.1 Å². The van der Waals surface area contributed by atoms with E-state index in [1.165, 1.54) is 11.8 Å². The van der Waals surface area contributed by atoms with Gasteiger partial charge in [0.25, 0.3) is 0 Å². The highest BCUT2D eigenvalue weighted by Crippen LogP contribution is 2.50. The number of nitrogens with zero attached hydrogens (tertiary/aromatic N) is 3. The molecule has 9 nitrogen and oxygen atoms in total. The number of carbonyl (C=O) groups is 2. The van der Waals surface area contributed by atoms with E-state index in [1.807, 2.05) is 79.7 Å². The van der Waals surface area contributed by atoms with E-state index in [2.05, 4.69) is 5.32 Å². The predicted octanol–water partition coefficient (Wildman–Crippen LogP) is 4.97. The smallest absolute Gasteiger partial charge is 0.240 e. The number of hydrogen-bond acceptors (Lipinski definition) is 7. The van der Waals surface area contributed by atoms with Gasteiger partial charge >= 0.3 is 0 Å². The number of aromatic nitrogens is 2. The van der Waals surface area contributed by atoms with Crippen molar-refractivity contribution < 1.29 is 23.8 Å².